The van der Waals surface area contributed by atoms with Crippen LogP contribution in [0.5, 0.6) is 11.6 Å². The van der Waals surface area contributed by atoms with Crippen LogP contribution in [-0.4, -0.2) is 78.1 Å². The summed E-state index contributed by atoms with van der Waals surface area (Å²) in [5.74, 6) is -2.17. The lowest BCUT2D eigenvalue weighted by atomic mass is 9.98. The van der Waals surface area contributed by atoms with Crippen molar-refractivity contribution in [2.75, 3.05) is 29.4 Å². The highest BCUT2D eigenvalue weighted by Gasteiger charge is 2.51. The molecule has 1 aromatic carbocycles. The van der Waals surface area contributed by atoms with Crippen molar-refractivity contribution in [1.82, 2.24) is 9.78 Å². The van der Waals surface area contributed by atoms with Crippen LogP contribution in [0.3, 0.4) is 0 Å². The Morgan fingerprint density at radius 1 is 1.26 bits per heavy atom. The van der Waals surface area contributed by atoms with E-state index in [0.717, 1.165) is 4.31 Å². The Bertz CT molecular complexity index is 1400. The van der Waals surface area contributed by atoms with Crippen LogP contribution >= 0.6 is 0 Å². The second kappa shape index (κ2) is 12.6. The minimum Gasteiger partial charge on any atom is -0.486 e. The lowest BCUT2D eigenvalue weighted by molar-refractivity contribution is -0.242. The van der Waals surface area contributed by atoms with E-state index in [1.807, 2.05) is 0 Å². The number of alkyl halides is 3. The Labute approximate surface area is 240 Å². The first-order valence-electron chi connectivity index (χ1n) is 13.0. The van der Waals surface area contributed by atoms with Crippen molar-refractivity contribution in [2.24, 2.45) is 5.92 Å². The molecule has 1 aliphatic rings. The number of halogens is 3. The van der Waals surface area contributed by atoms with Gasteiger partial charge in [0.15, 0.2) is 4.90 Å². The molecule has 0 saturated heterocycles. The van der Waals surface area contributed by atoms with E-state index in [9.17, 15) is 41.4 Å². The van der Waals surface area contributed by atoms with Gasteiger partial charge in [0.2, 0.25) is 5.60 Å². The van der Waals surface area contributed by atoms with Crippen LogP contribution in [0, 0.1) is 5.92 Å². The highest BCUT2D eigenvalue weighted by atomic mass is 32.2. The quantitative estimate of drug-likeness (QED) is 0.318. The van der Waals surface area contributed by atoms with Crippen molar-refractivity contribution in [3.63, 3.8) is 0 Å². The number of sulfonamides is 1. The van der Waals surface area contributed by atoms with Gasteiger partial charge in [0.05, 0.1) is 24.8 Å². The number of nitrogens with zero attached hydrogens (tertiary/aromatic N) is 3. The number of amides is 1. The van der Waals surface area contributed by atoms with Crippen LogP contribution in [0.1, 0.15) is 40.5 Å². The maximum absolute atomic E-state index is 14.1. The number of benzene rings is 1. The summed E-state index contributed by atoms with van der Waals surface area (Å²) in [7, 11) is -4.49. The number of hydrogen-bond donors (Lipinski definition) is 3. The minimum absolute atomic E-state index is 0.0188. The molecule has 0 fully saturated rings. The summed E-state index contributed by atoms with van der Waals surface area (Å²) in [5.41, 5.74) is -2.99. The first-order chi connectivity index (χ1) is 19.5. The van der Waals surface area contributed by atoms with Gasteiger partial charge in [-0.15, -0.1) is 5.10 Å². The Morgan fingerprint density at radius 2 is 1.95 bits per heavy atom. The van der Waals surface area contributed by atoms with E-state index in [0.29, 0.717) is 13.8 Å². The molecule has 1 aromatic heterocycles. The molecule has 2 aromatic rings. The fourth-order valence-corrected chi connectivity index (χ4v) is 5.59. The van der Waals surface area contributed by atoms with Gasteiger partial charge in [-0.3, -0.25) is 19.1 Å². The molecular formula is C25H33F3N4O9S. The molecule has 1 aliphatic heterocycles. The van der Waals surface area contributed by atoms with Crippen molar-refractivity contribution in [3.05, 3.63) is 24.4 Å². The number of fused-ring (bicyclic) bond motifs is 1. The molecule has 2 atom stereocenters. The monoisotopic (exact) mass is 622 g/mol. The highest BCUT2D eigenvalue weighted by molar-refractivity contribution is 7.93. The number of anilines is 2. The van der Waals surface area contributed by atoms with Gasteiger partial charge in [0.1, 0.15) is 18.5 Å². The number of ether oxygens (including phenoxy) is 3. The molecule has 0 aliphatic carbocycles. The molecule has 0 bridgehead atoms. The number of aliphatic hydroxyl groups is 1. The number of carboxylic acid groups (broad SMARTS) is 1. The average Bonchev–Trinajstić information content (AvgIpc) is 3.33. The zero-order valence-electron chi connectivity index (χ0n) is 23.3. The van der Waals surface area contributed by atoms with Gasteiger partial charge in [0.25, 0.3) is 15.9 Å². The number of aliphatic hydroxyl groups excluding tert-OH is 1. The highest BCUT2D eigenvalue weighted by Crippen LogP contribution is 2.41. The van der Waals surface area contributed by atoms with Crippen molar-refractivity contribution >= 4 is 33.5 Å². The lowest BCUT2D eigenvalue weighted by Crippen LogP contribution is -2.45. The van der Waals surface area contributed by atoms with Crippen LogP contribution in [0.15, 0.2) is 29.3 Å². The summed E-state index contributed by atoms with van der Waals surface area (Å²) in [4.78, 5) is 23.6. The second-order valence-corrected chi connectivity index (χ2v) is 11.7. The van der Waals surface area contributed by atoms with Gasteiger partial charge in [-0.05, 0) is 51.8 Å². The molecule has 1 amide bonds. The zero-order valence-corrected chi connectivity index (χ0v) is 24.2. The normalized spacial score (nSPS) is 16.3. The molecule has 3 rings (SSSR count). The number of hydrogen-bond acceptors (Lipinski definition) is 9. The zero-order chi connectivity index (χ0) is 31.5. The summed E-state index contributed by atoms with van der Waals surface area (Å²) < 4.78 is 85.7. The maximum Gasteiger partial charge on any atom is 0.427 e. The number of carbonyl (C=O) groups is 2. The van der Waals surface area contributed by atoms with E-state index in [1.165, 1.54) is 29.1 Å². The first-order valence-corrected chi connectivity index (χ1v) is 14.4. The third kappa shape index (κ3) is 7.18. The summed E-state index contributed by atoms with van der Waals surface area (Å²) in [6.07, 6.45) is -5.71. The fourth-order valence-electron chi connectivity index (χ4n) is 4.02. The van der Waals surface area contributed by atoms with E-state index in [-0.39, 0.29) is 60.4 Å². The third-order valence-electron chi connectivity index (χ3n) is 6.48. The number of nitrogens with one attached hydrogen (secondary N) is 1. The molecule has 0 saturated carbocycles. The third-order valence-corrected chi connectivity index (χ3v) is 8.24. The molecule has 17 heteroatoms. The van der Waals surface area contributed by atoms with Gasteiger partial charge in [0, 0.05) is 18.4 Å². The first kappa shape index (κ1) is 32.8. The molecule has 13 nitrogen and oxygen atoms in total. The van der Waals surface area contributed by atoms with E-state index in [4.69, 9.17) is 9.47 Å². The summed E-state index contributed by atoms with van der Waals surface area (Å²) >= 11 is 0. The molecular weight excluding hydrogens is 589 g/mol. The number of aliphatic carboxylic acids is 1. The average molecular weight is 623 g/mol. The van der Waals surface area contributed by atoms with Gasteiger partial charge >= 0.3 is 18.2 Å². The van der Waals surface area contributed by atoms with Crippen LogP contribution in [0.2, 0.25) is 0 Å². The van der Waals surface area contributed by atoms with Crippen LogP contribution in [0.4, 0.5) is 29.3 Å². The molecule has 234 valence electrons. The summed E-state index contributed by atoms with van der Waals surface area (Å²) in [5, 5.41) is 25.0. The standard InChI is InChI=1S/C25H33F3N4O9S/c1-5-15(22(34)35)11-17-13-32(42(37,38)20-14-31(6-2)30-21(20)39-10-9-33)18-12-16(7-8-19(18)40-17)29-23(36)41-24(3,4)25(26,27)28/h7-8,12,14-15,17,33H,5-6,9-11,13H2,1-4H3,(H,29,36)(H,34,35)/t15-,17+/m1/s1. The number of aromatic nitrogens is 2. The Kier molecular flexibility index (Phi) is 9.87. The van der Waals surface area contributed by atoms with Crippen LogP contribution < -0.4 is 19.1 Å². The van der Waals surface area contributed by atoms with Crippen molar-refractivity contribution in [1.29, 1.82) is 0 Å². The maximum atomic E-state index is 14.1. The lowest BCUT2D eigenvalue weighted by Gasteiger charge is -2.36. The smallest absolute Gasteiger partial charge is 0.427 e. The van der Waals surface area contributed by atoms with Crippen molar-refractivity contribution < 1.29 is 55.6 Å². The SMILES string of the molecule is CC[C@H](C[C@H]1CN(S(=O)(=O)c2cn(CC)nc2OCCO)c2cc(NC(=O)OC(C)(C)C(F)(F)F)ccc2O1)C(=O)O. The van der Waals surface area contributed by atoms with E-state index >= 15 is 0 Å². The summed E-state index contributed by atoms with van der Waals surface area (Å²) in [6, 6.07) is 3.75. The Balaban J connectivity index is 2.04. The van der Waals surface area contributed by atoms with Crippen LogP contribution in [0.25, 0.3) is 0 Å². The number of carbonyl (C=O) groups excluding carboxylic acids is 1. The Morgan fingerprint density at radius 3 is 2.52 bits per heavy atom. The topological polar surface area (TPSA) is 170 Å². The van der Waals surface area contributed by atoms with E-state index < -0.39 is 52.5 Å². The molecule has 2 heterocycles. The minimum atomic E-state index is -4.85. The molecule has 0 unspecified atom stereocenters. The fraction of sp³-hybridized carbons (Fsp3) is 0.560. The predicted molar refractivity (Wildman–Crippen MR) is 142 cm³/mol. The largest absolute Gasteiger partial charge is 0.486 e. The van der Waals surface area contributed by atoms with E-state index in [1.54, 1.807) is 13.8 Å². The van der Waals surface area contributed by atoms with Gasteiger partial charge < -0.3 is 24.4 Å². The number of carboxylic acids is 1. The molecule has 0 radical (unpaired) electrons. The number of aryl methyl sites for hydroxylation is 1. The van der Waals surface area contributed by atoms with Gasteiger partial charge in [-0.25, -0.2) is 13.2 Å². The van der Waals surface area contributed by atoms with Crippen LogP contribution in [-0.2, 0) is 26.1 Å². The van der Waals surface area contributed by atoms with Gasteiger partial charge in [-0.1, -0.05) is 6.92 Å². The van der Waals surface area contributed by atoms with Crippen molar-refractivity contribution in [2.45, 2.75) is 69.9 Å². The molecule has 3 N–H and O–H groups in total. The van der Waals surface area contributed by atoms with Crippen molar-refractivity contribution in [3.8, 4) is 11.6 Å². The Hall–Kier alpha value is -3.73. The predicted octanol–water partition coefficient (Wildman–Crippen LogP) is 3.62. The van der Waals surface area contributed by atoms with E-state index in [2.05, 4.69) is 15.2 Å². The molecule has 42 heavy (non-hydrogen) atoms. The molecule has 0 spiro atoms. The number of rotatable bonds is 12. The van der Waals surface area contributed by atoms with Gasteiger partial charge in [-0.2, -0.15) is 13.2 Å². The second-order valence-electron chi connectivity index (χ2n) is 9.89. The summed E-state index contributed by atoms with van der Waals surface area (Å²) in [6.45, 7) is 4.03.